The second kappa shape index (κ2) is 57.0. The fourth-order valence-corrected chi connectivity index (χ4v) is 9.32. The second-order valence-corrected chi connectivity index (χ2v) is 20.4. The third-order valence-electron chi connectivity index (χ3n) is 13.8. The van der Waals surface area contributed by atoms with Crippen molar-refractivity contribution in [3.05, 3.63) is 12.2 Å². The van der Waals surface area contributed by atoms with Crippen molar-refractivity contribution in [2.45, 2.75) is 347 Å². The normalized spacial score (nSPS) is 12.1. The molecule has 5 nitrogen and oxygen atoms in total. The summed E-state index contributed by atoms with van der Waals surface area (Å²) in [6, 6.07) is 0. The van der Waals surface area contributed by atoms with Gasteiger partial charge in [0.25, 0.3) is 0 Å². The van der Waals surface area contributed by atoms with Crippen molar-refractivity contribution in [3.63, 3.8) is 0 Å². The van der Waals surface area contributed by atoms with Crippen molar-refractivity contribution in [3.8, 4) is 0 Å². The highest BCUT2D eigenvalue weighted by atomic mass is 16.6. The summed E-state index contributed by atoms with van der Waals surface area (Å²) in [5.74, 6) is -0.581. The summed E-state index contributed by atoms with van der Waals surface area (Å²) in [6.07, 6.45) is 70.8. The Morgan fingerprint density at radius 2 is 0.569 bits per heavy atom. The first-order valence-electron chi connectivity index (χ1n) is 29.7. The van der Waals surface area contributed by atoms with E-state index in [0.29, 0.717) is 12.8 Å². The molecule has 0 aliphatic rings. The Labute approximate surface area is 407 Å². The molecule has 0 rings (SSSR count). The second-order valence-electron chi connectivity index (χ2n) is 20.4. The van der Waals surface area contributed by atoms with Gasteiger partial charge in [0.2, 0.25) is 0 Å². The van der Waals surface area contributed by atoms with Crippen LogP contribution in [0.5, 0.6) is 0 Å². The van der Waals surface area contributed by atoms with Gasteiger partial charge in [-0.3, -0.25) is 9.59 Å². The molecule has 0 heterocycles. The van der Waals surface area contributed by atoms with Gasteiger partial charge < -0.3 is 14.6 Å². The Balaban J connectivity index is 3.34. The molecule has 0 aromatic heterocycles. The molecule has 0 aliphatic carbocycles. The minimum Gasteiger partial charge on any atom is -0.462 e. The van der Waals surface area contributed by atoms with Gasteiger partial charge >= 0.3 is 11.9 Å². The van der Waals surface area contributed by atoms with E-state index >= 15 is 0 Å². The quantitative estimate of drug-likeness (QED) is 0.0374. The van der Waals surface area contributed by atoms with E-state index in [0.717, 1.165) is 38.5 Å². The first kappa shape index (κ1) is 63.6. The van der Waals surface area contributed by atoms with Gasteiger partial charge in [-0.25, -0.2) is 0 Å². The average Bonchev–Trinajstić information content (AvgIpc) is 3.31. The monoisotopic (exact) mass is 917 g/mol. The summed E-state index contributed by atoms with van der Waals surface area (Å²) < 4.78 is 10.7. The number of hydrogen-bond donors (Lipinski definition) is 1. The minimum absolute atomic E-state index is 0.0624. The largest absolute Gasteiger partial charge is 0.462 e. The first-order valence-corrected chi connectivity index (χ1v) is 29.7. The fraction of sp³-hybridized carbons (Fsp3) is 0.933. The maximum atomic E-state index is 12.2. The van der Waals surface area contributed by atoms with Crippen LogP contribution in [0.1, 0.15) is 341 Å². The van der Waals surface area contributed by atoms with Crippen LogP contribution in [0.15, 0.2) is 12.2 Å². The van der Waals surface area contributed by atoms with Crippen LogP contribution in [-0.2, 0) is 19.1 Å². The molecule has 0 fully saturated rings. The van der Waals surface area contributed by atoms with Crippen LogP contribution in [0.2, 0.25) is 0 Å². The van der Waals surface area contributed by atoms with Gasteiger partial charge in [0.1, 0.15) is 6.61 Å². The number of aliphatic hydroxyl groups is 1. The molecule has 0 saturated carbocycles. The lowest BCUT2D eigenvalue weighted by Crippen LogP contribution is -2.28. The number of esters is 2. The zero-order valence-corrected chi connectivity index (χ0v) is 44.3. The highest BCUT2D eigenvalue weighted by molar-refractivity contribution is 5.70. The molecule has 0 aliphatic heterocycles. The first-order chi connectivity index (χ1) is 32.1. The third kappa shape index (κ3) is 55.1. The smallest absolute Gasteiger partial charge is 0.306 e. The number of rotatable bonds is 56. The minimum atomic E-state index is -0.771. The van der Waals surface area contributed by atoms with Crippen LogP contribution >= 0.6 is 0 Å². The third-order valence-corrected chi connectivity index (χ3v) is 13.8. The maximum absolute atomic E-state index is 12.2. The van der Waals surface area contributed by atoms with Gasteiger partial charge in [-0.1, -0.05) is 302 Å². The summed E-state index contributed by atoms with van der Waals surface area (Å²) in [7, 11) is 0. The molecule has 0 bridgehead atoms. The van der Waals surface area contributed by atoms with E-state index < -0.39 is 6.10 Å². The number of hydrogen-bond acceptors (Lipinski definition) is 5. The standard InChI is InChI=1S/C60H116O5/c1-3-5-7-9-11-13-15-17-19-20-21-22-23-24-25-26-27-28-29-30-31-32-33-34-35-36-37-38-39-41-42-44-46-48-50-52-54-59(62)64-57-58(56-61)65-60(63)55-53-51-49-47-45-43-40-18-16-14-12-10-8-6-4-2/h18,40,58,61H,3-17,19-39,41-57H2,1-2H3/b40-18-. The fourth-order valence-electron chi connectivity index (χ4n) is 9.32. The highest BCUT2D eigenvalue weighted by Gasteiger charge is 2.16. The lowest BCUT2D eigenvalue weighted by Gasteiger charge is -2.15. The number of allylic oxidation sites excluding steroid dienone is 2. The maximum Gasteiger partial charge on any atom is 0.306 e. The molecule has 65 heavy (non-hydrogen) atoms. The van der Waals surface area contributed by atoms with E-state index in [1.165, 1.54) is 276 Å². The molecular weight excluding hydrogens is 801 g/mol. The Hall–Kier alpha value is -1.36. The molecule has 0 amide bonds. The molecule has 0 saturated heterocycles. The molecule has 0 aromatic rings. The number of unbranched alkanes of at least 4 members (excludes halogenated alkanes) is 46. The lowest BCUT2D eigenvalue weighted by molar-refractivity contribution is -0.161. The average molecular weight is 918 g/mol. The topological polar surface area (TPSA) is 72.8 Å². The summed E-state index contributed by atoms with van der Waals surface area (Å²) in [5.41, 5.74) is 0. The number of carbonyl (C=O) groups is 2. The summed E-state index contributed by atoms with van der Waals surface area (Å²) >= 11 is 0. The van der Waals surface area contributed by atoms with Crippen molar-refractivity contribution < 1.29 is 24.2 Å². The Morgan fingerprint density at radius 3 is 0.831 bits per heavy atom. The molecule has 0 spiro atoms. The molecule has 1 unspecified atom stereocenters. The summed E-state index contributed by atoms with van der Waals surface area (Å²) in [5, 5.41) is 9.63. The lowest BCUT2D eigenvalue weighted by atomic mass is 10.0. The highest BCUT2D eigenvalue weighted by Crippen LogP contribution is 2.18. The van der Waals surface area contributed by atoms with Crippen molar-refractivity contribution in [1.29, 1.82) is 0 Å². The zero-order chi connectivity index (χ0) is 47.0. The van der Waals surface area contributed by atoms with Crippen molar-refractivity contribution in [2.24, 2.45) is 0 Å². The van der Waals surface area contributed by atoms with Crippen molar-refractivity contribution in [2.75, 3.05) is 13.2 Å². The van der Waals surface area contributed by atoms with Gasteiger partial charge in [-0.05, 0) is 38.5 Å². The van der Waals surface area contributed by atoms with Crippen LogP contribution in [-0.4, -0.2) is 36.4 Å². The Bertz CT molecular complexity index is 948. The summed E-state index contributed by atoms with van der Waals surface area (Å²) in [4.78, 5) is 24.5. The predicted molar refractivity (Wildman–Crippen MR) is 284 cm³/mol. The van der Waals surface area contributed by atoms with E-state index in [9.17, 15) is 14.7 Å². The van der Waals surface area contributed by atoms with Crippen LogP contribution < -0.4 is 0 Å². The molecule has 0 radical (unpaired) electrons. The molecule has 1 N–H and O–H groups in total. The van der Waals surface area contributed by atoms with Crippen LogP contribution in [0, 0.1) is 0 Å². The van der Waals surface area contributed by atoms with Gasteiger partial charge in [0.15, 0.2) is 6.10 Å². The van der Waals surface area contributed by atoms with Gasteiger partial charge in [0, 0.05) is 12.8 Å². The molecular formula is C60H116O5. The number of aliphatic hydroxyl groups excluding tert-OH is 1. The van der Waals surface area contributed by atoms with E-state index in [1.54, 1.807) is 0 Å². The van der Waals surface area contributed by atoms with E-state index in [1.807, 2.05) is 0 Å². The molecule has 386 valence electrons. The molecule has 1 atom stereocenters. The van der Waals surface area contributed by atoms with Gasteiger partial charge in [0.05, 0.1) is 6.61 Å². The van der Waals surface area contributed by atoms with Crippen LogP contribution in [0.3, 0.4) is 0 Å². The van der Waals surface area contributed by atoms with Gasteiger partial charge in [-0.2, -0.15) is 0 Å². The SMILES string of the molecule is CCCCCCCC/C=C\CCCCCCCC(=O)OC(CO)COC(=O)CCCCCCCCCCCCCCCCCCCCCCCCCCCCCCCCCCCCCC. The molecule has 5 heteroatoms. The zero-order valence-electron chi connectivity index (χ0n) is 44.3. The van der Waals surface area contributed by atoms with E-state index in [4.69, 9.17) is 9.47 Å². The van der Waals surface area contributed by atoms with Crippen LogP contribution in [0.4, 0.5) is 0 Å². The van der Waals surface area contributed by atoms with Crippen molar-refractivity contribution in [1.82, 2.24) is 0 Å². The van der Waals surface area contributed by atoms with Crippen LogP contribution in [0.25, 0.3) is 0 Å². The Kier molecular flexibility index (Phi) is 55.8. The van der Waals surface area contributed by atoms with E-state index in [2.05, 4.69) is 26.0 Å². The predicted octanol–water partition coefficient (Wildman–Crippen LogP) is 19.9. The number of carbonyl (C=O) groups excluding carboxylic acids is 2. The summed E-state index contributed by atoms with van der Waals surface area (Å²) in [6.45, 7) is 4.18. The number of ether oxygens (including phenoxy) is 2. The van der Waals surface area contributed by atoms with E-state index in [-0.39, 0.29) is 25.2 Å². The van der Waals surface area contributed by atoms with Crippen molar-refractivity contribution >= 4 is 11.9 Å². The van der Waals surface area contributed by atoms with Gasteiger partial charge in [-0.15, -0.1) is 0 Å². The molecule has 0 aromatic carbocycles. The Morgan fingerprint density at radius 1 is 0.338 bits per heavy atom.